The topological polar surface area (TPSA) is 0 Å². The Morgan fingerprint density at radius 3 is 1.94 bits per heavy atom. The van der Waals surface area contributed by atoms with E-state index in [1.807, 2.05) is 20.8 Å². The van der Waals surface area contributed by atoms with E-state index in [0.717, 1.165) is 0 Å². The third kappa shape index (κ3) is 3.41. The van der Waals surface area contributed by atoms with Crippen LogP contribution in [0.2, 0.25) is 0 Å². The molecule has 0 radical (unpaired) electrons. The maximum absolute atomic E-state index is 13.4. The first-order valence-corrected chi connectivity index (χ1v) is 5.43. The summed E-state index contributed by atoms with van der Waals surface area (Å²) in [5.41, 5.74) is -0.405. The summed E-state index contributed by atoms with van der Waals surface area (Å²) in [6.07, 6.45) is 0.411. The third-order valence-electron chi connectivity index (χ3n) is 2.15. The summed E-state index contributed by atoms with van der Waals surface area (Å²) in [6, 6.07) is 1.30. The van der Waals surface area contributed by atoms with Gasteiger partial charge in [0, 0.05) is 17.7 Å². The first-order valence-electron chi connectivity index (χ1n) is 4.99. The molecule has 0 bridgehead atoms. The molecule has 90 valence electrons. The number of hydrogen-bond donors (Lipinski definition) is 0. The number of hydrogen-bond acceptors (Lipinski definition) is 0. The maximum atomic E-state index is 13.4. The van der Waals surface area contributed by atoms with Crippen LogP contribution in [0.4, 0.5) is 13.2 Å². The number of benzene rings is 1. The van der Waals surface area contributed by atoms with Crippen LogP contribution in [-0.2, 0) is 0 Å². The lowest BCUT2D eigenvalue weighted by Crippen LogP contribution is -2.11. The van der Waals surface area contributed by atoms with Crippen molar-refractivity contribution in [2.24, 2.45) is 5.41 Å². The number of rotatable bonds is 2. The molecule has 1 aromatic carbocycles. The average Bonchev–Trinajstić information content (AvgIpc) is 1.96. The Balaban J connectivity index is 3.04. The Bertz CT molecular complexity index is 359. The van der Waals surface area contributed by atoms with E-state index in [0.29, 0.717) is 18.6 Å². The Labute approximate surface area is 98.4 Å². The largest absolute Gasteiger partial charge is 0.207 e. The smallest absolute Gasteiger partial charge is 0.133 e. The van der Waals surface area contributed by atoms with Gasteiger partial charge in [-0.3, -0.25) is 0 Å². The molecule has 4 heteroatoms. The predicted molar refractivity (Wildman–Crippen MR) is 59.0 cm³/mol. The van der Waals surface area contributed by atoms with E-state index in [2.05, 4.69) is 0 Å². The molecule has 0 fully saturated rings. The van der Waals surface area contributed by atoms with E-state index in [9.17, 15) is 13.2 Å². The monoisotopic (exact) mass is 250 g/mol. The van der Waals surface area contributed by atoms with Crippen LogP contribution >= 0.6 is 11.6 Å². The van der Waals surface area contributed by atoms with Gasteiger partial charge in [-0.1, -0.05) is 20.8 Å². The second-order valence-corrected chi connectivity index (χ2v) is 5.54. The van der Waals surface area contributed by atoms with Crippen molar-refractivity contribution in [2.75, 3.05) is 0 Å². The van der Waals surface area contributed by atoms with E-state index in [1.54, 1.807) is 0 Å². The van der Waals surface area contributed by atoms with Gasteiger partial charge >= 0.3 is 0 Å². The highest BCUT2D eigenvalue weighted by atomic mass is 35.5. The Morgan fingerprint density at radius 1 is 1.12 bits per heavy atom. The molecule has 0 saturated carbocycles. The summed E-state index contributed by atoms with van der Waals surface area (Å²) in [6.45, 7) is 5.76. The van der Waals surface area contributed by atoms with E-state index in [4.69, 9.17) is 11.6 Å². The molecule has 0 aromatic heterocycles. The summed E-state index contributed by atoms with van der Waals surface area (Å²) in [5, 5.41) is -0.791. The van der Waals surface area contributed by atoms with E-state index >= 15 is 0 Å². The van der Waals surface area contributed by atoms with Crippen molar-refractivity contribution in [3.63, 3.8) is 0 Å². The zero-order valence-electron chi connectivity index (χ0n) is 9.45. The summed E-state index contributed by atoms with van der Waals surface area (Å²) < 4.78 is 39.4. The highest BCUT2D eigenvalue weighted by Crippen LogP contribution is 2.36. The number of alkyl halides is 1. The molecule has 1 unspecified atom stereocenters. The molecule has 0 heterocycles. The lowest BCUT2D eigenvalue weighted by molar-refractivity contribution is 0.365. The maximum Gasteiger partial charge on any atom is 0.133 e. The first kappa shape index (κ1) is 13.4. The zero-order chi connectivity index (χ0) is 12.5. The lowest BCUT2D eigenvalue weighted by atomic mass is 9.88. The standard InChI is InChI=1S/C12H14ClF3/c1-12(2,3)6-8(13)11-9(15)4-7(14)5-10(11)16/h4-5,8H,6H2,1-3H3. The van der Waals surface area contributed by atoms with Gasteiger partial charge in [-0.25, -0.2) is 13.2 Å². The molecule has 0 aliphatic rings. The van der Waals surface area contributed by atoms with Crippen molar-refractivity contribution in [2.45, 2.75) is 32.6 Å². The average molecular weight is 251 g/mol. The molecule has 0 aliphatic carbocycles. The van der Waals surface area contributed by atoms with Gasteiger partial charge in [0.2, 0.25) is 0 Å². The minimum atomic E-state index is -0.932. The van der Waals surface area contributed by atoms with Gasteiger partial charge in [0.1, 0.15) is 17.5 Å². The summed E-state index contributed by atoms with van der Waals surface area (Å²) >= 11 is 5.95. The molecular formula is C12H14ClF3. The van der Waals surface area contributed by atoms with Crippen LogP contribution in [-0.4, -0.2) is 0 Å². The molecule has 0 nitrogen and oxygen atoms in total. The molecule has 0 amide bonds. The molecule has 0 N–H and O–H groups in total. The minimum Gasteiger partial charge on any atom is -0.207 e. The van der Waals surface area contributed by atoms with Gasteiger partial charge in [-0.15, -0.1) is 11.6 Å². The highest BCUT2D eigenvalue weighted by Gasteiger charge is 2.24. The first-order chi connectivity index (χ1) is 7.20. The molecule has 0 aliphatic heterocycles. The minimum absolute atomic E-state index is 0.153. The van der Waals surface area contributed by atoms with Gasteiger partial charge in [-0.05, 0) is 11.8 Å². The van der Waals surface area contributed by atoms with Crippen molar-refractivity contribution in [1.82, 2.24) is 0 Å². The van der Waals surface area contributed by atoms with Gasteiger partial charge in [-0.2, -0.15) is 0 Å². The molecule has 0 spiro atoms. The van der Waals surface area contributed by atoms with Crippen LogP contribution < -0.4 is 0 Å². The van der Waals surface area contributed by atoms with Crippen LogP contribution in [0.1, 0.15) is 38.1 Å². The van der Waals surface area contributed by atoms with Crippen molar-refractivity contribution in [1.29, 1.82) is 0 Å². The molecular weight excluding hydrogens is 237 g/mol. The van der Waals surface area contributed by atoms with E-state index in [1.165, 1.54) is 0 Å². The third-order valence-corrected chi connectivity index (χ3v) is 2.52. The molecule has 1 aromatic rings. The zero-order valence-corrected chi connectivity index (χ0v) is 10.2. The van der Waals surface area contributed by atoms with Crippen molar-refractivity contribution >= 4 is 11.6 Å². The SMILES string of the molecule is CC(C)(C)CC(Cl)c1c(F)cc(F)cc1F. The summed E-state index contributed by atoms with van der Waals surface area (Å²) in [5.74, 6) is -2.79. The quantitative estimate of drug-likeness (QED) is 0.660. The Kier molecular flexibility index (Phi) is 3.89. The summed E-state index contributed by atoms with van der Waals surface area (Å²) in [4.78, 5) is 0. The molecule has 1 rings (SSSR count). The molecule has 1 atom stereocenters. The Morgan fingerprint density at radius 2 is 1.56 bits per heavy atom. The second-order valence-electron chi connectivity index (χ2n) is 5.02. The van der Waals surface area contributed by atoms with Crippen LogP contribution in [0.25, 0.3) is 0 Å². The molecule has 16 heavy (non-hydrogen) atoms. The van der Waals surface area contributed by atoms with Crippen molar-refractivity contribution in [3.8, 4) is 0 Å². The highest BCUT2D eigenvalue weighted by molar-refractivity contribution is 6.20. The Hall–Kier alpha value is -0.700. The van der Waals surface area contributed by atoms with Crippen LogP contribution in [0.5, 0.6) is 0 Å². The fraction of sp³-hybridized carbons (Fsp3) is 0.500. The normalized spacial score (nSPS) is 13.9. The van der Waals surface area contributed by atoms with Gasteiger partial charge in [0.05, 0.1) is 5.38 Å². The predicted octanol–water partition coefficient (Wildman–Crippen LogP) is 4.82. The van der Waals surface area contributed by atoms with Crippen LogP contribution in [0, 0.1) is 22.9 Å². The van der Waals surface area contributed by atoms with E-state index in [-0.39, 0.29) is 11.0 Å². The van der Waals surface area contributed by atoms with Gasteiger partial charge < -0.3 is 0 Å². The van der Waals surface area contributed by atoms with Gasteiger partial charge in [0.15, 0.2) is 0 Å². The number of halogens is 4. The molecule has 0 saturated heterocycles. The fourth-order valence-corrected chi connectivity index (χ4v) is 2.16. The fourth-order valence-electron chi connectivity index (χ4n) is 1.49. The van der Waals surface area contributed by atoms with Gasteiger partial charge in [0.25, 0.3) is 0 Å². The summed E-state index contributed by atoms with van der Waals surface area (Å²) in [7, 11) is 0. The van der Waals surface area contributed by atoms with Crippen molar-refractivity contribution < 1.29 is 13.2 Å². The van der Waals surface area contributed by atoms with Crippen LogP contribution in [0.3, 0.4) is 0 Å². The second kappa shape index (κ2) is 4.66. The van der Waals surface area contributed by atoms with Crippen molar-refractivity contribution in [3.05, 3.63) is 35.1 Å². The van der Waals surface area contributed by atoms with Crippen LogP contribution in [0.15, 0.2) is 12.1 Å². The van der Waals surface area contributed by atoms with E-state index < -0.39 is 22.8 Å². The lowest BCUT2D eigenvalue weighted by Gasteiger charge is -2.22.